The second kappa shape index (κ2) is 7.75. The molecule has 1 aliphatic carbocycles. The Balaban J connectivity index is 2.13. The molecule has 0 bridgehead atoms. The van der Waals surface area contributed by atoms with Crippen LogP contribution in [0.1, 0.15) is 38.2 Å². The number of benzene rings is 1. The summed E-state index contributed by atoms with van der Waals surface area (Å²) in [6, 6.07) is 10.5. The molecule has 2 N–H and O–H groups in total. The molecule has 4 nitrogen and oxygen atoms in total. The van der Waals surface area contributed by atoms with Gasteiger partial charge in [-0.25, -0.2) is 0 Å². The van der Waals surface area contributed by atoms with Crippen LogP contribution >= 0.6 is 0 Å². The lowest BCUT2D eigenvalue weighted by atomic mass is 9.89. The zero-order valence-electron chi connectivity index (χ0n) is 13.5. The molecule has 0 heterocycles. The van der Waals surface area contributed by atoms with Gasteiger partial charge in [-0.2, -0.15) is 0 Å². The highest BCUT2D eigenvalue weighted by Crippen LogP contribution is 2.41. The van der Waals surface area contributed by atoms with Gasteiger partial charge in [0.25, 0.3) is 0 Å². The summed E-state index contributed by atoms with van der Waals surface area (Å²) in [4.78, 5) is 13.2. The first-order valence-corrected chi connectivity index (χ1v) is 8.13. The monoisotopic (exact) mass is 305 g/mol. The van der Waals surface area contributed by atoms with Crippen LogP contribution in [0.15, 0.2) is 30.3 Å². The van der Waals surface area contributed by atoms with Crippen molar-refractivity contribution in [1.82, 2.24) is 4.90 Å². The molecule has 0 saturated heterocycles. The van der Waals surface area contributed by atoms with Gasteiger partial charge in [-0.1, -0.05) is 44.2 Å². The van der Waals surface area contributed by atoms with Crippen LogP contribution in [0.3, 0.4) is 0 Å². The quantitative estimate of drug-likeness (QED) is 0.813. The van der Waals surface area contributed by atoms with E-state index in [2.05, 4.69) is 30.9 Å². The van der Waals surface area contributed by atoms with Crippen molar-refractivity contribution in [3.63, 3.8) is 0 Å². The number of hydrogen-bond acceptors (Lipinski definition) is 3. The first kappa shape index (κ1) is 17.0. The molecule has 22 heavy (non-hydrogen) atoms. The van der Waals surface area contributed by atoms with E-state index in [0.29, 0.717) is 11.8 Å². The van der Waals surface area contributed by atoms with Crippen molar-refractivity contribution in [2.24, 2.45) is 11.8 Å². The molecule has 0 aliphatic heterocycles. The summed E-state index contributed by atoms with van der Waals surface area (Å²) < 4.78 is 0. The number of aliphatic carboxylic acids is 1. The molecule has 1 saturated carbocycles. The van der Waals surface area contributed by atoms with Gasteiger partial charge in [0, 0.05) is 19.2 Å². The van der Waals surface area contributed by atoms with Crippen LogP contribution in [-0.4, -0.2) is 46.8 Å². The fraction of sp³-hybridized carbons (Fsp3) is 0.611. The smallest absolute Gasteiger partial charge is 0.317 e. The van der Waals surface area contributed by atoms with Crippen molar-refractivity contribution in [3.8, 4) is 0 Å². The molecule has 0 radical (unpaired) electrons. The van der Waals surface area contributed by atoms with E-state index in [1.54, 1.807) is 0 Å². The summed E-state index contributed by atoms with van der Waals surface area (Å²) in [5, 5.41) is 18.9. The average molecular weight is 305 g/mol. The Labute approximate surface area is 132 Å². The standard InChI is InChI=1S/C18H27NO3/c1-13(2)10-19(11-18(21)22)16-8-15(12-20)17(9-16)14-6-4-3-5-7-14/h3-7,13,15-17,20H,8-12H2,1-2H3,(H,21,22). The zero-order valence-corrected chi connectivity index (χ0v) is 13.5. The first-order chi connectivity index (χ1) is 10.5. The lowest BCUT2D eigenvalue weighted by Gasteiger charge is -2.29. The summed E-state index contributed by atoms with van der Waals surface area (Å²) in [6.07, 6.45) is 1.80. The Morgan fingerprint density at radius 3 is 2.50 bits per heavy atom. The minimum atomic E-state index is -0.774. The number of carboxylic acids is 1. The number of carboxylic acid groups (broad SMARTS) is 1. The molecule has 0 aromatic heterocycles. The summed E-state index contributed by atoms with van der Waals surface area (Å²) in [7, 11) is 0. The zero-order chi connectivity index (χ0) is 16.1. The number of rotatable bonds is 7. The molecular weight excluding hydrogens is 278 g/mol. The van der Waals surface area contributed by atoms with E-state index in [-0.39, 0.29) is 25.1 Å². The molecule has 0 amide bonds. The second-order valence-corrected chi connectivity index (χ2v) is 6.80. The predicted molar refractivity (Wildman–Crippen MR) is 86.8 cm³/mol. The minimum Gasteiger partial charge on any atom is -0.480 e. The van der Waals surface area contributed by atoms with Gasteiger partial charge in [0.05, 0.1) is 6.54 Å². The van der Waals surface area contributed by atoms with Crippen LogP contribution in [0.2, 0.25) is 0 Å². The Morgan fingerprint density at radius 2 is 1.95 bits per heavy atom. The number of hydrogen-bond donors (Lipinski definition) is 2. The van der Waals surface area contributed by atoms with Crippen LogP contribution in [-0.2, 0) is 4.79 Å². The molecule has 1 aromatic rings. The third-order valence-electron chi connectivity index (χ3n) is 4.59. The van der Waals surface area contributed by atoms with Crippen molar-refractivity contribution >= 4 is 5.97 Å². The van der Waals surface area contributed by atoms with Crippen molar-refractivity contribution in [2.45, 2.75) is 38.6 Å². The van der Waals surface area contributed by atoms with Gasteiger partial charge in [0.1, 0.15) is 0 Å². The van der Waals surface area contributed by atoms with Crippen LogP contribution in [0.4, 0.5) is 0 Å². The normalized spacial score (nSPS) is 25.0. The van der Waals surface area contributed by atoms with Crippen molar-refractivity contribution in [1.29, 1.82) is 0 Å². The maximum atomic E-state index is 11.2. The molecule has 1 aromatic carbocycles. The Morgan fingerprint density at radius 1 is 1.27 bits per heavy atom. The highest BCUT2D eigenvalue weighted by atomic mass is 16.4. The second-order valence-electron chi connectivity index (χ2n) is 6.80. The number of carbonyl (C=O) groups is 1. The summed E-state index contributed by atoms with van der Waals surface area (Å²) in [6.45, 7) is 5.27. The van der Waals surface area contributed by atoms with Gasteiger partial charge in [-0.15, -0.1) is 0 Å². The Bertz CT molecular complexity index is 474. The third-order valence-corrected chi connectivity index (χ3v) is 4.59. The minimum absolute atomic E-state index is 0.0858. The Kier molecular flexibility index (Phi) is 5.98. The Hall–Kier alpha value is -1.39. The molecule has 0 spiro atoms. The van der Waals surface area contributed by atoms with E-state index in [1.807, 2.05) is 18.2 Å². The van der Waals surface area contributed by atoms with Crippen molar-refractivity contribution < 1.29 is 15.0 Å². The van der Waals surface area contributed by atoms with Gasteiger partial charge in [0.2, 0.25) is 0 Å². The fourth-order valence-corrected chi connectivity index (χ4v) is 3.69. The SMILES string of the molecule is CC(C)CN(CC(=O)O)C1CC(CO)C(c2ccccc2)C1. The van der Waals surface area contributed by atoms with E-state index in [9.17, 15) is 15.0 Å². The highest BCUT2D eigenvalue weighted by Gasteiger charge is 2.38. The highest BCUT2D eigenvalue weighted by molar-refractivity contribution is 5.69. The van der Waals surface area contributed by atoms with E-state index >= 15 is 0 Å². The maximum absolute atomic E-state index is 11.2. The van der Waals surface area contributed by atoms with Crippen LogP contribution in [0, 0.1) is 11.8 Å². The molecule has 122 valence electrons. The van der Waals surface area contributed by atoms with Gasteiger partial charge in [0.15, 0.2) is 0 Å². The van der Waals surface area contributed by atoms with Crippen molar-refractivity contribution in [2.75, 3.05) is 19.7 Å². The molecule has 1 aliphatic rings. The fourth-order valence-electron chi connectivity index (χ4n) is 3.69. The first-order valence-electron chi connectivity index (χ1n) is 8.13. The molecule has 4 heteroatoms. The van der Waals surface area contributed by atoms with Gasteiger partial charge < -0.3 is 10.2 Å². The molecule has 1 fully saturated rings. The largest absolute Gasteiger partial charge is 0.480 e. The van der Waals surface area contributed by atoms with Crippen molar-refractivity contribution in [3.05, 3.63) is 35.9 Å². The van der Waals surface area contributed by atoms with E-state index in [1.165, 1.54) is 5.56 Å². The van der Waals surface area contributed by atoms with Crippen LogP contribution < -0.4 is 0 Å². The summed E-state index contributed by atoms with van der Waals surface area (Å²) in [5.74, 6) is 0.197. The molecule has 3 atom stereocenters. The number of aliphatic hydroxyl groups is 1. The van der Waals surface area contributed by atoms with Crippen LogP contribution in [0.25, 0.3) is 0 Å². The van der Waals surface area contributed by atoms with Crippen LogP contribution in [0.5, 0.6) is 0 Å². The van der Waals surface area contributed by atoms with Gasteiger partial charge in [-0.05, 0) is 36.2 Å². The lowest BCUT2D eigenvalue weighted by molar-refractivity contribution is -0.139. The van der Waals surface area contributed by atoms with Gasteiger partial charge >= 0.3 is 5.97 Å². The van der Waals surface area contributed by atoms with E-state index in [0.717, 1.165) is 19.4 Å². The third kappa shape index (κ3) is 4.31. The lowest BCUT2D eigenvalue weighted by Crippen LogP contribution is -2.40. The topological polar surface area (TPSA) is 60.8 Å². The maximum Gasteiger partial charge on any atom is 0.317 e. The summed E-state index contributed by atoms with van der Waals surface area (Å²) in [5.41, 5.74) is 1.25. The predicted octanol–water partition coefficient (Wildman–Crippen LogP) is 2.58. The molecule has 2 rings (SSSR count). The molecular formula is C18H27NO3. The average Bonchev–Trinajstić information content (AvgIpc) is 2.90. The molecule has 3 unspecified atom stereocenters. The summed E-state index contributed by atoms with van der Waals surface area (Å²) >= 11 is 0. The van der Waals surface area contributed by atoms with Gasteiger partial charge in [-0.3, -0.25) is 9.69 Å². The number of nitrogens with zero attached hydrogens (tertiary/aromatic N) is 1. The van der Waals surface area contributed by atoms with E-state index in [4.69, 9.17) is 0 Å². The number of aliphatic hydroxyl groups excluding tert-OH is 1. The van der Waals surface area contributed by atoms with E-state index < -0.39 is 5.97 Å².